The van der Waals surface area contributed by atoms with Crippen molar-refractivity contribution in [2.75, 3.05) is 4.90 Å². The number of imide groups is 1. The smallest absolute Gasteiger partial charge is 0.418 e. The van der Waals surface area contributed by atoms with E-state index in [0.717, 1.165) is 40.8 Å². The van der Waals surface area contributed by atoms with Crippen molar-refractivity contribution in [2.45, 2.75) is 29.0 Å². The molecule has 1 saturated heterocycles. The molecule has 0 aliphatic carbocycles. The number of halogens is 5. The van der Waals surface area contributed by atoms with Crippen molar-refractivity contribution in [3.8, 4) is 5.75 Å². The first-order valence-electron chi connectivity index (χ1n) is 12.1. The molecule has 6 nitrogen and oxygen atoms in total. The number of aromatic nitrogens is 1. The number of ether oxygens (including phenoxy) is 1. The van der Waals surface area contributed by atoms with E-state index in [4.69, 9.17) is 16.3 Å². The molecule has 6 rings (SSSR count). The molecule has 1 aromatic heterocycles. The molecule has 3 aromatic carbocycles. The number of alkyl halides is 3. The average Bonchev–Trinajstić information content (AvgIpc) is 3.41. The maximum Gasteiger partial charge on any atom is 0.418 e. The van der Waals surface area contributed by atoms with Crippen LogP contribution in [0.15, 0.2) is 81.0 Å². The lowest BCUT2D eigenvalue weighted by Gasteiger charge is -2.31. The third kappa shape index (κ3) is 5.11. The predicted octanol–water partition coefficient (Wildman–Crippen LogP) is 7.25. The number of H-pyrrole nitrogens is 1. The maximum atomic E-state index is 14.0. The number of rotatable bonds is 5. The summed E-state index contributed by atoms with van der Waals surface area (Å²) in [7, 11) is 0. The molecule has 0 bridgehead atoms. The molecule has 2 aliphatic rings. The summed E-state index contributed by atoms with van der Waals surface area (Å²) in [5.74, 6) is -3.09. The van der Waals surface area contributed by atoms with E-state index in [1.54, 1.807) is 36.4 Å². The van der Waals surface area contributed by atoms with Crippen molar-refractivity contribution >= 4 is 68.1 Å². The second-order valence-corrected chi connectivity index (χ2v) is 12.9. The summed E-state index contributed by atoms with van der Waals surface area (Å²) < 4.78 is 48.5. The van der Waals surface area contributed by atoms with Gasteiger partial charge in [-0.15, -0.1) is 0 Å². The summed E-state index contributed by atoms with van der Waals surface area (Å²) in [6, 6.07) is 16.8. The molecule has 0 saturated carbocycles. The maximum absolute atomic E-state index is 14.0. The van der Waals surface area contributed by atoms with Gasteiger partial charge in [0.25, 0.3) is 0 Å². The van der Waals surface area contributed by atoms with Gasteiger partial charge in [0, 0.05) is 25.9 Å². The zero-order valence-corrected chi connectivity index (χ0v) is 24.6. The lowest BCUT2D eigenvalue weighted by atomic mass is 9.82. The number of carbonyl (C=O) groups is 2. The average molecular weight is 682 g/mol. The Labute approximate surface area is 252 Å². The van der Waals surface area contributed by atoms with Crippen LogP contribution in [-0.2, 0) is 22.4 Å². The number of amides is 2. The molecule has 4 aromatic rings. The fourth-order valence-corrected chi connectivity index (χ4v) is 8.28. The highest BCUT2D eigenvalue weighted by atomic mass is 79.9. The van der Waals surface area contributed by atoms with Crippen LogP contribution >= 0.6 is 50.6 Å². The monoisotopic (exact) mass is 680 g/mol. The Hall–Kier alpha value is -3.06. The number of thioether (sulfide) groups is 1. The van der Waals surface area contributed by atoms with E-state index >= 15 is 0 Å². The van der Waals surface area contributed by atoms with Gasteiger partial charge in [-0.3, -0.25) is 14.4 Å². The van der Waals surface area contributed by atoms with E-state index in [1.807, 2.05) is 6.07 Å². The summed E-state index contributed by atoms with van der Waals surface area (Å²) in [5, 5.41) is -0.129. The highest BCUT2D eigenvalue weighted by molar-refractivity contribution is 9.10. The molecule has 2 amide bonds. The molecule has 3 heterocycles. The Morgan fingerprint density at radius 2 is 1.78 bits per heavy atom. The minimum absolute atomic E-state index is 0.138. The standard InChI is InChI=1S/C28H17BrClF3N2O4S2/c29-14-8-9-19(39-12-13-4-3-5-15(30)10-13)16(11-14)20-21-23(40-24-22(20)41-27(38)34-24)26(37)35(25(21)36)18-7-2-1-6-17(18)28(31,32)33/h1-11,20-21,23H,12H2,(H,34,38)/t20-,21?,23?/m1/s1. The van der Waals surface area contributed by atoms with E-state index in [0.29, 0.717) is 35.6 Å². The highest BCUT2D eigenvalue weighted by Crippen LogP contribution is 2.55. The van der Waals surface area contributed by atoms with Crippen molar-refractivity contribution in [1.82, 2.24) is 4.98 Å². The van der Waals surface area contributed by atoms with Gasteiger partial charge in [0.15, 0.2) is 0 Å². The Morgan fingerprint density at radius 1 is 1.00 bits per heavy atom. The van der Waals surface area contributed by atoms with Gasteiger partial charge < -0.3 is 9.72 Å². The first kappa shape index (κ1) is 28.1. The number of nitrogens with one attached hydrogen (secondary N) is 1. The second kappa shape index (κ2) is 10.6. The number of carbonyl (C=O) groups excluding carboxylic acids is 2. The molecule has 1 fully saturated rings. The number of fused-ring (bicyclic) bond motifs is 2. The van der Waals surface area contributed by atoms with Crippen LogP contribution in [-0.4, -0.2) is 22.0 Å². The molecule has 41 heavy (non-hydrogen) atoms. The number of nitrogens with zero attached hydrogens (tertiary/aromatic N) is 1. The van der Waals surface area contributed by atoms with Gasteiger partial charge in [-0.2, -0.15) is 13.2 Å². The van der Waals surface area contributed by atoms with Crippen LogP contribution in [0.2, 0.25) is 5.02 Å². The summed E-state index contributed by atoms with van der Waals surface area (Å²) in [6.07, 6.45) is -4.78. The number of hydrogen-bond acceptors (Lipinski definition) is 6. The summed E-state index contributed by atoms with van der Waals surface area (Å²) >= 11 is 11.5. The summed E-state index contributed by atoms with van der Waals surface area (Å²) in [5.41, 5.74) is -0.303. The molecule has 210 valence electrons. The van der Waals surface area contributed by atoms with Crippen LogP contribution < -0.4 is 14.5 Å². The molecule has 1 N–H and O–H groups in total. The van der Waals surface area contributed by atoms with E-state index in [9.17, 15) is 27.6 Å². The molecular formula is C28H17BrClF3N2O4S2. The van der Waals surface area contributed by atoms with Gasteiger partial charge in [0.1, 0.15) is 17.6 Å². The normalized spacial score (nSPS) is 20.2. The zero-order valence-electron chi connectivity index (χ0n) is 20.6. The first-order valence-corrected chi connectivity index (χ1v) is 15.0. The van der Waals surface area contributed by atoms with E-state index in [1.165, 1.54) is 12.1 Å². The quantitative estimate of drug-likeness (QED) is 0.225. The number of benzene rings is 3. The topological polar surface area (TPSA) is 79.5 Å². The molecule has 3 atom stereocenters. The third-order valence-electron chi connectivity index (χ3n) is 6.86. The van der Waals surface area contributed by atoms with Crippen LogP contribution in [0.1, 0.15) is 27.5 Å². The van der Waals surface area contributed by atoms with Gasteiger partial charge in [0.05, 0.1) is 22.2 Å². The van der Waals surface area contributed by atoms with Gasteiger partial charge in [-0.05, 0) is 48.0 Å². The Bertz CT molecular complexity index is 1760. The highest BCUT2D eigenvalue weighted by Gasteiger charge is 2.57. The molecule has 0 radical (unpaired) electrons. The van der Waals surface area contributed by atoms with Crippen molar-refractivity contribution in [3.63, 3.8) is 0 Å². The van der Waals surface area contributed by atoms with Crippen molar-refractivity contribution in [1.29, 1.82) is 0 Å². The number of para-hydroxylation sites is 1. The minimum Gasteiger partial charge on any atom is -0.489 e. The van der Waals surface area contributed by atoms with Crippen LogP contribution in [0, 0.1) is 5.92 Å². The Kier molecular flexibility index (Phi) is 7.29. The van der Waals surface area contributed by atoms with Crippen LogP contribution in [0.4, 0.5) is 18.9 Å². The molecule has 13 heteroatoms. The van der Waals surface area contributed by atoms with Gasteiger partial charge in [-0.25, -0.2) is 4.90 Å². The lowest BCUT2D eigenvalue weighted by Crippen LogP contribution is -2.33. The minimum atomic E-state index is -4.78. The molecule has 2 unspecified atom stereocenters. The first-order chi connectivity index (χ1) is 19.5. The predicted molar refractivity (Wildman–Crippen MR) is 154 cm³/mol. The van der Waals surface area contributed by atoms with Gasteiger partial charge in [0.2, 0.25) is 11.8 Å². The number of hydrogen-bond donors (Lipinski definition) is 1. The van der Waals surface area contributed by atoms with E-state index < -0.39 is 46.3 Å². The van der Waals surface area contributed by atoms with Gasteiger partial charge in [-0.1, -0.05) is 74.9 Å². The second-order valence-electron chi connectivity index (χ2n) is 9.38. The van der Waals surface area contributed by atoms with E-state index in [2.05, 4.69) is 20.9 Å². The lowest BCUT2D eigenvalue weighted by molar-refractivity contribution is -0.137. The summed E-state index contributed by atoms with van der Waals surface area (Å²) in [6.45, 7) is 0.138. The number of thiazole rings is 1. The zero-order chi connectivity index (χ0) is 29.1. The van der Waals surface area contributed by atoms with Crippen molar-refractivity contribution < 1.29 is 27.5 Å². The fraction of sp³-hybridized carbons (Fsp3) is 0.179. The van der Waals surface area contributed by atoms with Crippen molar-refractivity contribution in [2.24, 2.45) is 5.92 Å². The van der Waals surface area contributed by atoms with Crippen LogP contribution in [0.25, 0.3) is 0 Å². The Balaban J connectivity index is 1.46. The largest absolute Gasteiger partial charge is 0.489 e. The van der Waals surface area contributed by atoms with Crippen molar-refractivity contribution in [3.05, 3.63) is 107 Å². The number of aromatic amines is 1. The third-order valence-corrected chi connectivity index (χ3v) is 9.99. The SMILES string of the molecule is O=C1C2Sc3[nH]c(=O)sc3[C@H](c3cc(Br)ccc3OCc3cccc(Cl)c3)C2C(=O)N1c1ccccc1C(F)(F)F. The molecular weight excluding hydrogens is 665 g/mol. The van der Waals surface area contributed by atoms with E-state index in [-0.39, 0.29) is 11.5 Å². The van der Waals surface area contributed by atoms with Crippen LogP contribution in [0.3, 0.4) is 0 Å². The molecule has 0 spiro atoms. The summed E-state index contributed by atoms with van der Waals surface area (Å²) in [4.78, 5) is 43.7. The molecule has 2 aliphatic heterocycles. The fourth-order valence-electron chi connectivity index (χ4n) is 5.18. The van der Waals surface area contributed by atoms with Gasteiger partial charge >= 0.3 is 11.0 Å². The van der Waals surface area contributed by atoms with Crippen LogP contribution in [0.5, 0.6) is 5.75 Å². The number of anilines is 1. The Morgan fingerprint density at radius 3 is 2.54 bits per heavy atom.